The lowest BCUT2D eigenvalue weighted by atomic mass is 9.66. The predicted molar refractivity (Wildman–Crippen MR) is 112 cm³/mol. The van der Waals surface area contributed by atoms with Crippen LogP contribution in [0.1, 0.15) is 24.0 Å². The van der Waals surface area contributed by atoms with Gasteiger partial charge >= 0.3 is 0 Å². The molecule has 0 N–H and O–H groups in total. The third kappa shape index (κ3) is 3.59. The highest BCUT2D eigenvalue weighted by Crippen LogP contribution is 2.47. The summed E-state index contributed by atoms with van der Waals surface area (Å²) in [5.41, 5.74) is 2.85. The van der Waals surface area contributed by atoms with Crippen LogP contribution in [0.3, 0.4) is 0 Å². The number of rotatable bonds is 5. The fraction of sp³-hybridized carbons (Fsp3) is 0.522. The van der Waals surface area contributed by atoms with E-state index in [-0.39, 0.29) is 0 Å². The number of nitrogens with zero attached hydrogens (tertiary/aromatic N) is 3. The normalized spacial score (nSPS) is 30.6. The van der Waals surface area contributed by atoms with Crippen molar-refractivity contribution in [1.29, 1.82) is 0 Å². The zero-order chi connectivity index (χ0) is 18.2. The van der Waals surface area contributed by atoms with Gasteiger partial charge in [0.15, 0.2) is 0 Å². The number of aromatic nitrogens is 1. The van der Waals surface area contributed by atoms with Gasteiger partial charge in [-0.1, -0.05) is 30.3 Å². The van der Waals surface area contributed by atoms with E-state index in [9.17, 15) is 0 Å². The lowest BCUT2D eigenvalue weighted by Gasteiger charge is -2.52. The third-order valence-corrected chi connectivity index (χ3v) is 7.85. The highest BCUT2D eigenvalue weighted by Gasteiger charge is 2.50. The van der Waals surface area contributed by atoms with Crippen LogP contribution in [0.25, 0.3) is 0 Å². The molecular weight excluding hydrogens is 398 g/mol. The first-order valence-corrected chi connectivity index (χ1v) is 11.2. The number of halogens is 1. The summed E-state index contributed by atoms with van der Waals surface area (Å²) in [6.07, 6.45) is 7.81. The molecule has 4 unspecified atom stereocenters. The number of benzene rings is 1. The van der Waals surface area contributed by atoms with Crippen LogP contribution >= 0.6 is 15.9 Å². The molecule has 1 aromatic carbocycles. The van der Waals surface area contributed by atoms with Gasteiger partial charge in [0.1, 0.15) is 0 Å². The van der Waals surface area contributed by atoms with Crippen molar-refractivity contribution >= 4 is 15.9 Å². The molecule has 3 saturated heterocycles. The van der Waals surface area contributed by atoms with Gasteiger partial charge in [-0.2, -0.15) is 0 Å². The molecule has 0 spiro atoms. The smallest absolute Gasteiger partial charge is 0.0412 e. The van der Waals surface area contributed by atoms with E-state index < -0.39 is 0 Å². The molecule has 2 aromatic rings. The average molecular weight is 426 g/mol. The number of fused-ring (bicyclic) bond motifs is 2. The van der Waals surface area contributed by atoms with E-state index >= 15 is 0 Å². The van der Waals surface area contributed by atoms with Crippen LogP contribution in [0, 0.1) is 17.8 Å². The Kier molecular flexibility index (Phi) is 5.06. The number of hydrogen-bond acceptors (Lipinski definition) is 3. The summed E-state index contributed by atoms with van der Waals surface area (Å²) in [7, 11) is 0. The number of likely N-dealkylation sites (tertiary alicyclic amines) is 1. The molecule has 4 heteroatoms. The Bertz CT molecular complexity index is 780. The minimum atomic E-state index is 0.793. The van der Waals surface area contributed by atoms with Crippen molar-refractivity contribution in [1.82, 2.24) is 14.8 Å². The highest BCUT2D eigenvalue weighted by atomic mass is 79.9. The first-order chi connectivity index (χ1) is 13.3. The van der Waals surface area contributed by atoms with Crippen LogP contribution in [0.4, 0.5) is 0 Å². The summed E-state index contributed by atoms with van der Waals surface area (Å²) < 4.78 is 1.15. The van der Waals surface area contributed by atoms with Crippen molar-refractivity contribution < 1.29 is 0 Å². The lowest BCUT2D eigenvalue weighted by Crippen LogP contribution is -2.57. The lowest BCUT2D eigenvalue weighted by molar-refractivity contribution is -0.0245. The molecule has 1 aromatic heterocycles. The van der Waals surface area contributed by atoms with Crippen molar-refractivity contribution in [2.24, 2.45) is 17.8 Å². The Hall–Kier alpha value is -1.23. The second kappa shape index (κ2) is 7.65. The molecule has 6 rings (SSSR count). The van der Waals surface area contributed by atoms with Crippen molar-refractivity contribution in [3.8, 4) is 0 Å². The quantitative estimate of drug-likeness (QED) is 0.714. The van der Waals surface area contributed by atoms with E-state index in [2.05, 4.69) is 67.1 Å². The highest BCUT2D eigenvalue weighted by molar-refractivity contribution is 9.10. The molecule has 1 saturated carbocycles. The molecule has 4 fully saturated rings. The molecule has 4 aliphatic rings. The average Bonchev–Trinajstić information content (AvgIpc) is 3.14. The SMILES string of the molecule is Brc1cnccc1CCN1CC2CCC1C1CN(Cc3ccccc3)CC21. The van der Waals surface area contributed by atoms with E-state index in [0.717, 1.165) is 41.2 Å². The van der Waals surface area contributed by atoms with Gasteiger partial charge in [0, 0.05) is 55.6 Å². The largest absolute Gasteiger partial charge is 0.299 e. The van der Waals surface area contributed by atoms with Gasteiger partial charge in [-0.25, -0.2) is 0 Å². The van der Waals surface area contributed by atoms with Crippen LogP contribution in [0.2, 0.25) is 0 Å². The maximum Gasteiger partial charge on any atom is 0.0412 e. The fourth-order valence-corrected chi connectivity index (χ4v) is 6.32. The molecule has 1 aliphatic carbocycles. The zero-order valence-corrected chi connectivity index (χ0v) is 17.4. The molecular formula is C23H28BrN3. The molecule has 4 heterocycles. The number of piperidine rings is 2. The van der Waals surface area contributed by atoms with Gasteiger partial charge < -0.3 is 0 Å². The van der Waals surface area contributed by atoms with E-state index in [4.69, 9.17) is 0 Å². The number of hydrogen-bond donors (Lipinski definition) is 0. The summed E-state index contributed by atoms with van der Waals surface area (Å²) in [5.74, 6) is 2.71. The third-order valence-electron chi connectivity index (χ3n) is 7.13. The molecule has 3 nitrogen and oxygen atoms in total. The Labute approximate surface area is 170 Å². The van der Waals surface area contributed by atoms with E-state index in [1.807, 2.05) is 12.4 Å². The van der Waals surface area contributed by atoms with Crippen LogP contribution in [-0.2, 0) is 13.0 Å². The minimum absolute atomic E-state index is 0.793. The Morgan fingerprint density at radius 3 is 2.70 bits per heavy atom. The summed E-state index contributed by atoms with van der Waals surface area (Å²) in [5, 5.41) is 0. The van der Waals surface area contributed by atoms with Gasteiger partial charge in [0.2, 0.25) is 0 Å². The van der Waals surface area contributed by atoms with E-state index in [1.54, 1.807) is 0 Å². The second-order valence-electron chi connectivity index (χ2n) is 8.62. The summed E-state index contributed by atoms with van der Waals surface area (Å²) >= 11 is 3.66. The van der Waals surface area contributed by atoms with Crippen LogP contribution in [0.5, 0.6) is 0 Å². The summed E-state index contributed by atoms with van der Waals surface area (Å²) in [6.45, 7) is 6.22. The summed E-state index contributed by atoms with van der Waals surface area (Å²) in [4.78, 5) is 9.73. The Morgan fingerprint density at radius 1 is 1.00 bits per heavy atom. The Morgan fingerprint density at radius 2 is 1.85 bits per heavy atom. The maximum absolute atomic E-state index is 4.20. The maximum atomic E-state index is 4.20. The molecule has 0 radical (unpaired) electrons. The van der Waals surface area contributed by atoms with Gasteiger partial charge in [-0.3, -0.25) is 14.8 Å². The predicted octanol–water partition coefficient (Wildman–Crippen LogP) is 4.23. The molecule has 0 amide bonds. The van der Waals surface area contributed by atoms with Crippen molar-refractivity contribution in [2.75, 3.05) is 26.2 Å². The molecule has 142 valence electrons. The van der Waals surface area contributed by atoms with Crippen LogP contribution in [0.15, 0.2) is 53.3 Å². The summed E-state index contributed by atoms with van der Waals surface area (Å²) in [6, 6.07) is 14.0. The fourth-order valence-electron chi connectivity index (χ4n) is 5.88. The van der Waals surface area contributed by atoms with E-state index in [1.165, 1.54) is 50.1 Å². The zero-order valence-electron chi connectivity index (χ0n) is 15.8. The van der Waals surface area contributed by atoms with Gasteiger partial charge in [-0.15, -0.1) is 0 Å². The van der Waals surface area contributed by atoms with E-state index in [0.29, 0.717) is 0 Å². The van der Waals surface area contributed by atoms with Gasteiger partial charge in [-0.05, 0) is 70.1 Å². The Balaban J connectivity index is 1.24. The van der Waals surface area contributed by atoms with Crippen LogP contribution < -0.4 is 0 Å². The second-order valence-corrected chi connectivity index (χ2v) is 9.48. The molecule has 27 heavy (non-hydrogen) atoms. The molecule has 4 atom stereocenters. The van der Waals surface area contributed by atoms with Crippen molar-refractivity contribution in [2.45, 2.75) is 31.8 Å². The number of pyridine rings is 1. The van der Waals surface area contributed by atoms with Crippen molar-refractivity contribution in [3.05, 3.63) is 64.4 Å². The monoisotopic (exact) mass is 425 g/mol. The van der Waals surface area contributed by atoms with Crippen molar-refractivity contribution in [3.63, 3.8) is 0 Å². The van der Waals surface area contributed by atoms with Gasteiger partial charge in [0.25, 0.3) is 0 Å². The standard InChI is InChI=1S/C23H28BrN3/c24-22-12-25-10-8-18(22)9-11-27-14-19-6-7-23(27)21-16-26(15-20(19)21)13-17-4-2-1-3-5-17/h1-5,8,10,12,19-21,23H,6-7,9,11,13-16H2. The minimum Gasteiger partial charge on any atom is -0.299 e. The first kappa shape index (κ1) is 17.8. The molecule has 3 aliphatic heterocycles. The topological polar surface area (TPSA) is 19.4 Å². The first-order valence-electron chi connectivity index (χ1n) is 10.4. The van der Waals surface area contributed by atoms with Gasteiger partial charge in [0.05, 0.1) is 0 Å². The van der Waals surface area contributed by atoms with Crippen LogP contribution in [-0.4, -0.2) is 47.0 Å². The molecule has 2 bridgehead atoms.